The molecule has 0 amide bonds. The molecule has 0 N–H and O–H groups in total. The number of benzene rings is 1. The summed E-state index contributed by atoms with van der Waals surface area (Å²) in [4.78, 5) is 12.5. The number of nitro benzene ring substituents is 1. The van der Waals surface area contributed by atoms with Gasteiger partial charge in [0.25, 0.3) is 5.69 Å². The predicted molar refractivity (Wildman–Crippen MR) is 85.2 cm³/mol. The van der Waals surface area contributed by atoms with Crippen LogP contribution in [-0.2, 0) is 13.2 Å². The lowest BCUT2D eigenvalue weighted by atomic mass is 9.96. The van der Waals surface area contributed by atoms with Gasteiger partial charge in [-0.1, -0.05) is 0 Å². The third kappa shape index (κ3) is 3.45. The van der Waals surface area contributed by atoms with Crippen molar-refractivity contribution in [2.45, 2.75) is 31.5 Å². The third-order valence-corrected chi connectivity index (χ3v) is 4.42. The molecule has 2 aromatic rings. The van der Waals surface area contributed by atoms with E-state index in [1.54, 1.807) is 17.9 Å². The van der Waals surface area contributed by atoms with E-state index >= 15 is 0 Å². The molecular weight excluding hydrogens is 337 g/mol. The molecule has 1 saturated heterocycles. The minimum Gasteiger partial charge on any atom is -0.359 e. The van der Waals surface area contributed by atoms with E-state index in [0.717, 1.165) is 30.9 Å². The fourth-order valence-electron chi connectivity index (χ4n) is 3.27. The van der Waals surface area contributed by atoms with Gasteiger partial charge in [0.1, 0.15) is 5.69 Å². The van der Waals surface area contributed by atoms with Gasteiger partial charge in [-0.25, -0.2) is 0 Å². The summed E-state index contributed by atoms with van der Waals surface area (Å²) in [5.74, 6) is 0. The number of halogens is 3. The van der Waals surface area contributed by atoms with Crippen LogP contribution in [0.25, 0.3) is 0 Å². The highest BCUT2D eigenvalue weighted by atomic mass is 19.4. The van der Waals surface area contributed by atoms with Crippen molar-refractivity contribution in [1.82, 2.24) is 9.78 Å². The number of hydrogen-bond donors (Lipinski definition) is 0. The van der Waals surface area contributed by atoms with Crippen LogP contribution in [0, 0.1) is 10.1 Å². The Bertz CT molecular complexity index is 788. The number of hydrogen-bond acceptors (Lipinski definition) is 4. The van der Waals surface area contributed by atoms with Crippen LogP contribution in [0.4, 0.5) is 24.5 Å². The smallest absolute Gasteiger partial charge is 0.359 e. The number of nitrogens with zero attached hydrogens (tertiary/aromatic N) is 4. The Labute approximate surface area is 142 Å². The molecule has 0 unspecified atom stereocenters. The molecule has 1 aliphatic rings. The summed E-state index contributed by atoms with van der Waals surface area (Å²) >= 11 is 0. The first-order chi connectivity index (χ1) is 11.8. The molecule has 1 atom stereocenters. The van der Waals surface area contributed by atoms with Gasteiger partial charge in [0, 0.05) is 31.4 Å². The van der Waals surface area contributed by atoms with Crippen LogP contribution in [-0.4, -0.2) is 21.2 Å². The number of rotatable bonds is 3. The number of anilines is 1. The summed E-state index contributed by atoms with van der Waals surface area (Å²) in [7, 11) is 1.78. The fourth-order valence-corrected chi connectivity index (χ4v) is 3.27. The first kappa shape index (κ1) is 17.2. The van der Waals surface area contributed by atoms with Crippen LogP contribution < -0.4 is 4.90 Å². The second-order valence-corrected chi connectivity index (χ2v) is 6.11. The van der Waals surface area contributed by atoms with Crippen molar-refractivity contribution in [3.05, 3.63) is 51.8 Å². The van der Waals surface area contributed by atoms with Gasteiger partial charge < -0.3 is 4.90 Å². The lowest BCUT2D eigenvalue weighted by Gasteiger charge is -2.36. The van der Waals surface area contributed by atoms with Crippen LogP contribution in [0.3, 0.4) is 0 Å². The molecule has 0 bridgehead atoms. The molecule has 0 spiro atoms. The van der Waals surface area contributed by atoms with Crippen molar-refractivity contribution in [2.24, 2.45) is 7.05 Å². The molecule has 1 aromatic carbocycles. The normalized spacial score (nSPS) is 18.4. The summed E-state index contributed by atoms with van der Waals surface area (Å²) in [5.41, 5.74) is -0.425. The van der Waals surface area contributed by atoms with Crippen LogP contribution in [0.15, 0.2) is 30.6 Å². The number of aryl methyl sites for hydroxylation is 1. The zero-order chi connectivity index (χ0) is 18.2. The Morgan fingerprint density at radius 1 is 1.32 bits per heavy atom. The Balaban J connectivity index is 2.04. The van der Waals surface area contributed by atoms with Crippen molar-refractivity contribution in [1.29, 1.82) is 0 Å². The van der Waals surface area contributed by atoms with E-state index in [9.17, 15) is 23.3 Å². The highest BCUT2D eigenvalue weighted by Gasteiger charge is 2.35. The van der Waals surface area contributed by atoms with E-state index in [4.69, 9.17) is 0 Å². The summed E-state index contributed by atoms with van der Waals surface area (Å²) in [6.45, 7) is 0.547. The van der Waals surface area contributed by atoms with Gasteiger partial charge in [0.05, 0.1) is 22.7 Å². The fraction of sp³-hybridized carbons (Fsp3) is 0.438. The van der Waals surface area contributed by atoms with E-state index < -0.39 is 22.4 Å². The summed E-state index contributed by atoms with van der Waals surface area (Å²) in [5, 5.41) is 15.5. The lowest BCUT2D eigenvalue weighted by molar-refractivity contribution is -0.384. The first-order valence-electron chi connectivity index (χ1n) is 7.88. The molecule has 134 valence electrons. The van der Waals surface area contributed by atoms with Crippen LogP contribution in [0.1, 0.15) is 36.4 Å². The van der Waals surface area contributed by atoms with Crippen molar-refractivity contribution >= 4 is 11.4 Å². The average Bonchev–Trinajstić information content (AvgIpc) is 3.00. The molecule has 1 aliphatic heterocycles. The average molecular weight is 354 g/mol. The molecule has 0 saturated carbocycles. The van der Waals surface area contributed by atoms with Gasteiger partial charge in [-0.05, 0) is 31.4 Å². The molecule has 1 aromatic heterocycles. The Kier molecular flexibility index (Phi) is 4.40. The van der Waals surface area contributed by atoms with Crippen molar-refractivity contribution in [3.63, 3.8) is 0 Å². The first-order valence-corrected chi connectivity index (χ1v) is 7.88. The lowest BCUT2D eigenvalue weighted by Crippen LogP contribution is -2.33. The summed E-state index contributed by atoms with van der Waals surface area (Å²) in [6.07, 6.45) is 1.45. The standard InChI is InChI=1S/C16H17F3N4O2/c1-21-10-11(9-20-21)13-4-2-3-7-22(13)14-6-5-12(16(17,18)19)8-15(14)23(24)25/h5-6,8-10,13H,2-4,7H2,1H3/t13-/m0/s1. The Morgan fingerprint density at radius 3 is 2.68 bits per heavy atom. The van der Waals surface area contributed by atoms with E-state index in [2.05, 4.69) is 5.10 Å². The molecule has 0 aliphatic carbocycles. The van der Waals surface area contributed by atoms with E-state index in [0.29, 0.717) is 12.6 Å². The zero-order valence-electron chi connectivity index (χ0n) is 13.5. The second kappa shape index (κ2) is 6.38. The topological polar surface area (TPSA) is 64.2 Å². The van der Waals surface area contributed by atoms with Crippen LogP contribution in [0.2, 0.25) is 0 Å². The highest BCUT2D eigenvalue weighted by molar-refractivity contribution is 5.66. The highest BCUT2D eigenvalue weighted by Crippen LogP contribution is 2.41. The molecule has 6 nitrogen and oxygen atoms in total. The van der Waals surface area contributed by atoms with Gasteiger partial charge in [-0.3, -0.25) is 14.8 Å². The van der Waals surface area contributed by atoms with Crippen LogP contribution >= 0.6 is 0 Å². The Morgan fingerprint density at radius 2 is 2.08 bits per heavy atom. The molecule has 0 radical (unpaired) electrons. The minimum atomic E-state index is -4.62. The van der Waals surface area contributed by atoms with Crippen molar-refractivity contribution in [2.75, 3.05) is 11.4 Å². The van der Waals surface area contributed by atoms with Gasteiger partial charge in [-0.15, -0.1) is 0 Å². The molecule has 2 heterocycles. The number of aromatic nitrogens is 2. The summed E-state index contributed by atoms with van der Waals surface area (Å²) in [6, 6.07) is 2.58. The molecule has 3 rings (SSSR count). The number of alkyl halides is 3. The Hall–Kier alpha value is -2.58. The van der Waals surface area contributed by atoms with Gasteiger partial charge in [0.2, 0.25) is 0 Å². The minimum absolute atomic E-state index is 0.141. The molecular formula is C16H17F3N4O2. The van der Waals surface area contributed by atoms with Crippen molar-refractivity contribution in [3.8, 4) is 0 Å². The molecule has 1 fully saturated rings. The van der Waals surface area contributed by atoms with Gasteiger partial charge >= 0.3 is 6.18 Å². The van der Waals surface area contributed by atoms with E-state index in [1.807, 2.05) is 11.1 Å². The van der Waals surface area contributed by atoms with Gasteiger partial charge in [-0.2, -0.15) is 18.3 Å². The molecule has 9 heteroatoms. The van der Waals surface area contributed by atoms with E-state index in [1.165, 1.54) is 6.07 Å². The maximum Gasteiger partial charge on any atom is 0.416 e. The second-order valence-electron chi connectivity index (χ2n) is 6.11. The quantitative estimate of drug-likeness (QED) is 0.615. The SMILES string of the molecule is Cn1cc([C@@H]2CCCCN2c2ccc(C(F)(F)F)cc2[N+](=O)[O-])cn1. The zero-order valence-corrected chi connectivity index (χ0v) is 13.5. The monoisotopic (exact) mass is 354 g/mol. The van der Waals surface area contributed by atoms with Crippen molar-refractivity contribution < 1.29 is 18.1 Å². The number of nitro groups is 1. The van der Waals surface area contributed by atoms with Crippen LogP contribution in [0.5, 0.6) is 0 Å². The molecule has 25 heavy (non-hydrogen) atoms. The predicted octanol–water partition coefficient (Wildman–Crippen LogP) is 4.08. The maximum atomic E-state index is 12.9. The number of piperidine rings is 1. The maximum absolute atomic E-state index is 12.9. The third-order valence-electron chi connectivity index (χ3n) is 4.42. The van der Waals surface area contributed by atoms with E-state index in [-0.39, 0.29) is 11.7 Å². The van der Waals surface area contributed by atoms with Gasteiger partial charge in [0.15, 0.2) is 0 Å². The summed E-state index contributed by atoms with van der Waals surface area (Å²) < 4.78 is 40.3. The largest absolute Gasteiger partial charge is 0.416 e.